The number of anilines is 1. The van der Waals surface area contributed by atoms with Gasteiger partial charge < -0.3 is 5.11 Å². The maximum atomic E-state index is 12.9. The zero-order valence-corrected chi connectivity index (χ0v) is 13.0. The van der Waals surface area contributed by atoms with E-state index in [-0.39, 0.29) is 22.7 Å². The number of para-hydroxylation sites is 1. The average molecular weight is 321 g/mol. The molecule has 0 saturated heterocycles. The van der Waals surface area contributed by atoms with Crippen molar-refractivity contribution in [2.24, 2.45) is 7.05 Å². The summed E-state index contributed by atoms with van der Waals surface area (Å²) in [4.78, 5) is 11.5. The largest absolute Gasteiger partial charge is 0.478 e. The Labute approximate surface area is 127 Å². The molecule has 116 valence electrons. The third-order valence-corrected chi connectivity index (χ3v) is 5.84. The molecular weight excluding hydrogens is 306 g/mol. The molecule has 3 rings (SSSR count). The van der Waals surface area contributed by atoms with Crippen molar-refractivity contribution in [3.63, 3.8) is 0 Å². The van der Waals surface area contributed by atoms with Gasteiger partial charge in [-0.2, -0.15) is 5.10 Å². The first-order valence-corrected chi connectivity index (χ1v) is 8.14. The fourth-order valence-electron chi connectivity index (χ4n) is 2.68. The first kappa shape index (κ1) is 14.6. The topological polar surface area (TPSA) is 92.5 Å². The SMILES string of the molecule is Cc1c(S(=O)(=O)N2CCc3cccc(C(=O)O)c32)cnn1C. The summed E-state index contributed by atoms with van der Waals surface area (Å²) in [5, 5.41) is 13.3. The highest BCUT2D eigenvalue weighted by molar-refractivity contribution is 7.93. The molecule has 0 saturated carbocycles. The molecule has 0 atom stereocenters. The molecule has 1 aliphatic rings. The molecule has 1 aromatic carbocycles. The van der Waals surface area contributed by atoms with Gasteiger partial charge in [-0.05, 0) is 25.0 Å². The van der Waals surface area contributed by atoms with Gasteiger partial charge in [-0.15, -0.1) is 0 Å². The summed E-state index contributed by atoms with van der Waals surface area (Å²) in [7, 11) is -2.17. The smallest absolute Gasteiger partial charge is 0.337 e. The van der Waals surface area contributed by atoms with E-state index in [9.17, 15) is 18.3 Å². The van der Waals surface area contributed by atoms with E-state index in [1.54, 1.807) is 26.1 Å². The number of carboxylic acid groups (broad SMARTS) is 1. The van der Waals surface area contributed by atoms with E-state index in [1.807, 2.05) is 0 Å². The Bertz CT molecular complexity index is 870. The van der Waals surface area contributed by atoms with E-state index < -0.39 is 16.0 Å². The maximum Gasteiger partial charge on any atom is 0.337 e. The number of carbonyl (C=O) groups is 1. The first-order chi connectivity index (χ1) is 10.3. The number of aromatic carboxylic acids is 1. The van der Waals surface area contributed by atoms with Gasteiger partial charge in [-0.3, -0.25) is 8.99 Å². The van der Waals surface area contributed by atoms with Gasteiger partial charge in [0.25, 0.3) is 10.0 Å². The fourth-order valence-corrected chi connectivity index (χ4v) is 4.40. The minimum Gasteiger partial charge on any atom is -0.478 e. The highest BCUT2D eigenvalue weighted by Crippen LogP contribution is 2.36. The number of hydrogen-bond acceptors (Lipinski definition) is 4. The summed E-state index contributed by atoms with van der Waals surface area (Å²) >= 11 is 0. The highest BCUT2D eigenvalue weighted by Gasteiger charge is 2.35. The van der Waals surface area contributed by atoms with E-state index in [4.69, 9.17) is 0 Å². The zero-order chi connectivity index (χ0) is 16.1. The molecule has 1 N–H and O–H groups in total. The number of nitrogens with zero attached hydrogens (tertiary/aromatic N) is 3. The van der Waals surface area contributed by atoms with Gasteiger partial charge in [0.05, 0.1) is 23.1 Å². The predicted octanol–water partition coefficient (Wildman–Crippen LogP) is 1.18. The zero-order valence-electron chi connectivity index (χ0n) is 12.1. The summed E-state index contributed by atoms with van der Waals surface area (Å²) in [6.45, 7) is 1.90. The summed E-state index contributed by atoms with van der Waals surface area (Å²) in [5.74, 6) is -1.14. The number of benzene rings is 1. The van der Waals surface area contributed by atoms with E-state index in [0.717, 1.165) is 5.56 Å². The van der Waals surface area contributed by atoms with E-state index >= 15 is 0 Å². The highest BCUT2D eigenvalue weighted by atomic mass is 32.2. The molecule has 0 bridgehead atoms. The van der Waals surface area contributed by atoms with Crippen LogP contribution in [-0.4, -0.2) is 35.8 Å². The van der Waals surface area contributed by atoms with Gasteiger partial charge in [0.15, 0.2) is 0 Å². The Morgan fingerprint density at radius 3 is 2.68 bits per heavy atom. The normalized spacial score (nSPS) is 14.2. The van der Waals surface area contributed by atoms with Crippen molar-refractivity contribution in [2.75, 3.05) is 10.8 Å². The van der Waals surface area contributed by atoms with Gasteiger partial charge in [0.1, 0.15) is 4.90 Å². The number of aryl methyl sites for hydroxylation is 1. The maximum absolute atomic E-state index is 12.9. The van der Waals surface area contributed by atoms with Crippen LogP contribution in [0.25, 0.3) is 0 Å². The lowest BCUT2D eigenvalue weighted by atomic mass is 10.1. The number of fused-ring (bicyclic) bond motifs is 1. The molecular formula is C14H15N3O4S. The van der Waals surface area contributed by atoms with Crippen LogP contribution in [0, 0.1) is 6.92 Å². The fraction of sp³-hybridized carbons (Fsp3) is 0.286. The molecule has 0 amide bonds. The van der Waals surface area contributed by atoms with Gasteiger partial charge in [0, 0.05) is 13.6 Å². The second-order valence-electron chi connectivity index (χ2n) is 5.16. The van der Waals surface area contributed by atoms with Crippen LogP contribution in [0.3, 0.4) is 0 Å². The Morgan fingerprint density at radius 2 is 2.09 bits per heavy atom. The lowest BCUT2D eigenvalue weighted by Gasteiger charge is -2.20. The number of carboxylic acids is 1. The molecule has 1 aliphatic heterocycles. The summed E-state index contributed by atoms with van der Waals surface area (Å²) in [6.07, 6.45) is 1.79. The van der Waals surface area contributed by atoms with Crippen molar-refractivity contribution in [3.05, 3.63) is 41.2 Å². The standard InChI is InChI=1S/C14H15N3O4S/c1-9-12(8-15-16(9)2)22(20,21)17-7-6-10-4-3-5-11(13(10)17)14(18)19/h3-5,8H,6-7H2,1-2H3,(H,18,19). The molecule has 0 fully saturated rings. The van der Waals surface area contributed by atoms with Crippen LogP contribution in [0.4, 0.5) is 5.69 Å². The molecule has 2 heterocycles. The lowest BCUT2D eigenvalue weighted by molar-refractivity contribution is 0.0698. The van der Waals surface area contributed by atoms with Crippen LogP contribution in [0.1, 0.15) is 21.6 Å². The molecule has 22 heavy (non-hydrogen) atoms. The monoisotopic (exact) mass is 321 g/mol. The van der Waals surface area contributed by atoms with Gasteiger partial charge in [-0.25, -0.2) is 13.2 Å². The average Bonchev–Trinajstić information content (AvgIpc) is 3.03. The third-order valence-electron chi connectivity index (χ3n) is 3.94. The van der Waals surface area contributed by atoms with Crippen LogP contribution in [0.15, 0.2) is 29.3 Å². The van der Waals surface area contributed by atoms with Crippen LogP contribution < -0.4 is 4.31 Å². The van der Waals surface area contributed by atoms with E-state index in [2.05, 4.69) is 5.10 Å². The van der Waals surface area contributed by atoms with Crippen LogP contribution in [-0.2, 0) is 23.5 Å². The number of rotatable bonds is 3. The molecule has 0 unspecified atom stereocenters. The van der Waals surface area contributed by atoms with E-state index in [1.165, 1.54) is 21.3 Å². The lowest BCUT2D eigenvalue weighted by Crippen LogP contribution is -2.30. The van der Waals surface area contributed by atoms with Crippen LogP contribution >= 0.6 is 0 Å². The summed E-state index contributed by atoms with van der Waals surface area (Å²) in [5.41, 5.74) is 1.50. The van der Waals surface area contributed by atoms with Crippen molar-refractivity contribution < 1.29 is 18.3 Å². The minimum atomic E-state index is -3.83. The molecule has 7 nitrogen and oxygen atoms in total. The quantitative estimate of drug-likeness (QED) is 0.916. The number of hydrogen-bond donors (Lipinski definition) is 1. The molecule has 0 aliphatic carbocycles. The van der Waals surface area contributed by atoms with Crippen molar-refractivity contribution in [3.8, 4) is 0 Å². The second-order valence-corrected chi connectivity index (χ2v) is 6.99. The predicted molar refractivity (Wildman–Crippen MR) is 79.6 cm³/mol. The third kappa shape index (κ3) is 1.98. The Balaban J connectivity index is 2.18. The molecule has 1 aromatic heterocycles. The van der Waals surface area contributed by atoms with Crippen molar-refractivity contribution in [1.82, 2.24) is 9.78 Å². The Morgan fingerprint density at radius 1 is 1.36 bits per heavy atom. The Hall–Kier alpha value is -2.35. The van der Waals surface area contributed by atoms with E-state index in [0.29, 0.717) is 12.1 Å². The van der Waals surface area contributed by atoms with Crippen molar-refractivity contribution in [2.45, 2.75) is 18.2 Å². The minimum absolute atomic E-state index is 0.000110. The van der Waals surface area contributed by atoms with Crippen molar-refractivity contribution in [1.29, 1.82) is 0 Å². The molecule has 0 spiro atoms. The van der Waals surface area contributed by atoms with Gasteiger partial charge in [-0.1, -0.05) is 12.1 Å². The van der Waals surface area contributed by atoms with Crippen LogP contribution in [0.5, 0.6) is 0 Å². The molecule has 8 heteroatoms. The summed E-state index contributed by atoms with van der Waals surface area (Å²) in [6, 6.07) is 4.81. The second kappa shape index (κ2) is 4.84. The van der Waals surface area contributed by atoms with Crippen LogP contribution in [0.2, 0.25) is 0 Å². The Kier molecular flexibility index (Phi) is 3.21. The van der Waals surface area contributed by atoms with Gasteiger partial charge >= 0.3 is 5.97 Å². The number of sulfonamides is 1. The van der Waals surface area contributed by atoms with Crippen molar-refractivity contribution >= 4 is 21.7 Å². The molecule has 0 radical (unpaired) electrons. The van der Waals surface area contributed by atoms with Gasteiger partial charge in [0.2, 0.25) is 0 Å². The molecule has 2 aromatic rings. The number of aromatic nitrogens is 2. The first-order valence-electron chi connectivity index (χ1n) is 6.70. The summed E-state index contributed by atoms with van der Waals surface area (Å²) < 4.78 is 28.4.